The zero-order valence-corrected chi connectivity index (χ0v) is 8.99. The Kier molecular flexibility index (Phi) is 1.87. The van der Waals surface area contributed by atoms with Crippen molar-refractivity contribution in [1.82, 2.24) is 10.2 Å². The molecule has 1 N–H and O–H groups in total. The van der Waals surface area contributed by atoms with Crippen molar-refractivity contribution < 1.29 is 14.4 Å². The molecule has 0 aromatic carbocycles. The van der Waals surface area contributed by atoms with E-state index in [1.54, 1.807) is 0 Å². The highest BCUT2D eigenvalue weighted by molar-refractivity contribution is 6.20. The molecule has 0 aromatic heterocycles. The molecule has 0 radical (unpaired) electrons. The molecule has 0 bridgehead atoms. The van der Waals surface area contributed by atoms with Crippen molar-refractivity contribution in [3.63, 3.8) is 0 Å². The van der Waals surface area contributed by atoms with Crippen LogP contribution in [0.25, 0.3) is 0 Å². The van der Waals surface area contributed by atoms with Gasteiger partial charge in [-0.2, -0.15) is 0 Å². The Balaban J connectivity index is 1.78. The van der Waals surface area contributed by atoms with E-state index in [9.17, 15) is 14.4 Å². The topological polar surface area (TPSA) is 66.5 Å². The van der Waals surface area contributed by atoms with Gasteiger partial charge in [-0.25, -0.2) is 4.79 Å². The summed E-state index contributed by atoms with van der Waals surface area (Å²) in [5.41, 5.74) is -0.877. The Bertz CT molecular complexity index is 383. The number of amides is 4. The minimum Gasteiger partial charge on any atom is -0.277 e. The Morgan fingerprint density at radius 3 is 2.44 bits per heavy atom. The SMILES string of the molecule is O=C1NC(=O)C2(CC2)C(=O)N1CC1CCC1. The van der Waals surface area contributed by atoms with Crippen LogP contribution in [0.2, 0.25) is 0 Å². The van der Waals surface area contributed by atoms with Crippen LogP contribution in [0.15, 0.2) is 0 Å². The lowest BCUT2D eigenvalue weighted by Gasteiger charge is -2.35. The molecule has 3 aliphatic rings. The number of imide groups is 2. The van der Waals surface area contributed by atoms with Gasteiger partial charge in [0.05, 0.1) is 0 Å². The normalized spacial score (nSPS) is 28.0. The molecule has 1 saturated heterocycles. The van der Waals surface area contributed by atoms with Crippen molar-refractivity contribution in [3.05, 3.63) is 0 Å². The second-order valence-corrected chi connectivity index (χ2v) is 5.05. The van der Waals surface area contributed by atoms with E-state index in [2.05, 4.69) is 5.32 Å². The summed E-state index contributed by atoms with van der Waals surface area (Å²) in [5.74, 6) is -0.223. The van der Waals surface area contributed by atoms with Gasteiger partial charge in [-0.3, -0.25) is 19.8 Å². The molecule has 5 nitrogen and oxygen atoms in total. The monoisotopic (exact) mass is 222 g/mol. The molecule has 0 aromatic rings. The average molecular weight is 222 g/mol. The van der Waals surface area contributed by atoms with Gasteiger partial charge in [-0.15, -0.1) is 0 Å². The predicted molar refractivity (Wildman–Crippen MR) is 54.3 cm³/mol. The number of nitrogens with one attached hydrogen (secondary N) is 1. The molecule has 3 fully saturated rings. The van der Waals surface area contributed by atoms with Crippen LogP contribution in [0.4, 0.5) is 4.79 Å². The van der Waals surface area contributed by atoms with E-state index >= 15 is 0 Å². The highest BCUT2D eigenvalue weighted by atomic mass is 16.2. The molecular weight excluding hydrogens is 208 g/mol. The smallest absolute Gasteiger partial charge is 0.277 e. The molecule has 2 saturated carbocycles. The first-order valence-electron chi connectivity index (χ1n) is 5.81. The molecule has 3 rings (SSSR count). The van der Waals surface area contributed by atoms with Gasteiger partial charge in [0, 0.05) is 6.54 Å². The van der Waals surface area contributed by atoms with Crippen LogP contribution in [0.5, 0.6) is 0 Å². The van der Waals surface area contributed by atoms with Crippen molar-refractivity contribution in [2.45, 2.75) is 32.1 Å². The van der Waals surface area contributed by atoms with Crippen molar-refractivity contribution in [3.8, 4) is 0 Å². The van der Waals surface area contributed by atoms with Gasteiger partial charge in [0.25, 0.3) is 0 Å². The molecule has 4 amide bonds. The summed E-state index contributed by atoms with van der Waals surface area (Å²) < 4.78 is 0. The molecule has 16 heavy (non-hydrogen) atoms. The third-order valence-electron chi connectivity index (χ3n) is 3.97. The Labute approximate surface area is 93.2 Å². The highest BCUT2D eigenvalue weighted by Gasteiger charge is 2.62. The Morgan fingerprint density at radius 2 is 1.94 bits per heavy atom. The van der Waals surface area contributed by atoms with E-state index in [4.69, 9.17) is 0 Å². The first-order valence-corrected chi connectivity index (χ1v) is 5.81. The standard InChI is InChI=1S/C11H14N2O3/c14-8-11(4-5-11)9(15)13(10(16)12-8)6-7-2-1-3-7/h7H,1-6H2,(H,12,14,16). The summed E-state index contributed by atoms with van der Waals surface area (Å²) in [7, 11) is 0. The lowest BCUT2D eigenvalue weighted by molar-refractivity contribution is -0.145. The molecule has 1 heterocycles. The van der Waals surface area contributed by atoms with Crippen LogP contribution in [0, 0.1) is 11.3 Å². The molecule has 86 valence electrons. The van der Waals surface area contributed by atoms with Crippen LogP contribution in [0.3, 0.4) is 0 Å². The Hall–Kier alpha value is -1.39. The number of hydrogen-bond donors (Lipinski definition) is 1. The third-order valence-corrected chi connectivity index (χ3v) is 3.97. The number of carbonyl (C=O) groups excluding carboxylic acids is 3. The molecule has 5 heteroatoms. The second kappa shape index (κ2) is 3.06. The Morgan fingerprint density at radius 1 is 1.25 bits per heavy atom. The lowest BCUT2D eigenvalue weighted by atomic mass is 9.84. The van der Waals surface area contributed by atoms with E-state index in [-0.39, 0.29) is 5.91 Å². The van der Waals surface area contributed by atoms with Gasteiger partial charge < -0.3 is 0 Å². The van der Waals surface area contributed by atoms with E-state index in [1.165, 1.54) is 11.3 Å². The summed E-state index contributed by atoms with van der Waals surface area (Å²) in [6, 6.07) is -0.528. The van der Waals surface area contributed by atoms with Crippen molar-refractivity contribution in [1.29, 1.82) is 0 Å². The zero-order chi connectivity index (χ0) is 11.3. The van der Waals surface area contributed by atoms with Crippen LogP contribution in [-0.4, -0.2) is 29.3 Å². The molecule has 1 spiro atoms. The maximum atomic E-state index is 12.1. The lowest BCUT2D eigenvalue weighted by Crippen LogP contribution is -2.60. The van der Waals surface area contributed by atoms with Crippen molar-refractivity contribution >= 4 is 17.8 Å². The molecule has 0 unspecified atom stereocenters. The summed E-state index contributed by atoms with van der Waals surface area (Å²) in [6.07, 6.45) is 4.52. The summed E-state index contributed by atoms with van der Waals surface area (Å²) in [5, 5.41) is 2.29. The molecular formula is C11H14N2O3. The quantitative estimate of drug-likeness (QED) is 0.697. The third kappa shape index (κ3) is 1.20. The number of hydrogen-bond acceptors (Lipinski definition) is 3. The largest absolute Gasteiger partial charge is 0.330 e. The summed E-state index contributed by atoms with van der Waals surface area (Å²) >= 11 is 0. The number of carbonyl (C=O) groups is 3. The second-order valence-electron chi connectivity index (χ2n) is 5.05. The first kappa shape index (κ1) is 9.81. The van der Waals surface area contributed by atoms with Crippen LogP contribution in [0.1, 0.15) is 32.1 Å². The van der Waals surface area contributed by atoms with Gasteiger partial charge in [0.15, 0.2) is 0 Å². The van der Waals surface area contributed by atoms with Crippen LogP contribution < -0.4 is 5.32 Å². The number of rotatable bonds is 2. The fourth-order valence-corrected chi connectivity index (χ4v) is 2.40. The maximum absolute atomic E-state index is 12.1. The van der Waals surface area contributed by atoms with E-state index < -0.39 is 17.4 Å². The van der Waals surface area contributed by atoms with Gasteiger partial charge >= 0.3 is 6.03 Å². The first-order chi connectivity index (χ1) is 7.63. The van der Waals surface area contributed by atoms with Crippen molar-refractivity contribution in [2.24, 2.45) is 11.3 Å². The predicted octanol–water partition coefficient (Wildman–Crippen LogP) is 0.645. The molecule has 1 aliphatic heterocycles. The molecule has 0 atom stereocenters. The van der Waals surface area contributed by atoms with Gasteiger partial charge in [-0.1, -0.05) is 6.42 Å². The van der Waals surface area contributed by atoms with Gasteiger partial charge in [0.2, 0.25) is 11.8 Å². The van der Waals surface area contributed by atoms with Gasteiger partial charge in [-0.05, 0) is 31.6 Å². The maximum Gasteiger partial charge on any atom is 0.330 e. The average Bonchev–Trinajstić information content (AvgIpc) is 2.93. The minimum absolute atomic E-state index is 0.270. The summed E-state index contributed by atoms with van der Waals surface area (Å²) in [4.78, 5) is 36.4. The van der Waals surface area contributed by atoms with Crippen molar-refractivity contribution in [2.75, 3.05) is 6.54 Å². The van der Waals surface area contributed by atoms with E-state index in [0.717, 1.165) is 12.8 Å². The zero-order valence-electron chi connectivity index (χ0n) is 8.99. The fraction of sp³-hybridized carbons (Fsp3) is 0.727. The fourth-order valence-electron chi connectivity index (χ4n) is 2.40. The molecule has 2 aliphatic carbocycles. The van der Waals surface area contributed by atoms with Gasteiger partial charge in [0.1, 0.15) is 5.41 Å². The van der Waals surface area contributed by atoms with E-state index in [1.807, 2.05) is 0 Å². The van der Waals surface area contributed by atoms with Crippen LogP contribution in [-0.2, 0) is 9.59 Å². The number of barbiturate groups is 1. The highest BCUT2D eigenvalue weighted by Crippen LogP contribution is 2.49. The van der Waals surface area contributed by atoms with Crippen LogP contribution >= 0.6 is 0 Å². The minimum atomic E-state index is -0.877. The number of urea groups is 1. The number of nitrogens with zero attached hydrogens (tertiary/aromatic N) is 1. The van der Waals surface area contributed by atoms with E-state index in [0.29, 0.717) is 25.3 Å². The summed E-state index contributed by atoms with van der Waals surface area (Å²) in [6.45, 7) is 0.486.